The molecule has 0 aliphatic heterocycles. The van der Waals surface area contributed by atoms with Crippen molar-refractivity contribution in [2.24, 2.45) is 0 Å². The fourth-order valence-electron chi connectivity index (χ4n) is 9.22. The quantitative estimate of drug-likeness (QED) is 0.125. The Kier molecular flexibility index (Phi) is 8.13. The predicted octanol–water partition coefficient (Wildman–Crippen LogP) is 14.8. The molecule has 10 aromatic carbocycles. The zero-order chi connectivity index (χ0) is 40.3. The van der Waals surface area contributed by atoms with Gasteiger partial charge < -0.3 is 0 Å². The number of fused-ring (bicyclic) bond motifs is 7. The van der Waals surface area contributed by atoms with Gasteiger partial charge in [-0.3, -0.25) is 4.57 Å². The van der Waals surface area contributed by atoms with Gasteiger partial charge in [0.2, 0.25) is 5.95 Å². The number of hydrogen-bond acceptors (Lipinski definition) is 3. The van der Waals surface area contributed by atoms with Crippen LogP contribution in [0.5, 0.6) is 0 Å². The minimum absolute atomic E-state index is 0.572. The molecule has 0 fully saturated rings. The van der Waals surface area contributed by atoms with Crippen LogP contribution in [0.3, 0.4) is 0 Å². The second-order valence-corrected chi connectivity index (χ2v) is 15.6. The maximum Gasteiger partial charge on any atom is 0.238 e. The third-order valence-corrected chi connectivity index (χ3v) is 12.0. The highest BCUT2D eigenvalue weighted by molar-refractivity contribution is 6.20. The topological polar surface area (TPSA) is 43.6 Å². The summed E-state index contributed by atoms with van der Waals surface area (Å²) in [6.07, 6.45) is 0. The molecule has 0 N–H and O–H groups in total. The molecule has 12 aromatic rings. The van der Waals surface area contributed by atoms with Crippen molar-refractivity contribution in [1.29, 1.82) is 0 Å². The van der Waals surface area contributed by atoms with E-state index in [1.54, 1.807) is 0 Å². The Bertz CT molecular complexity index is 3610. The molecule has 0 aliphatic carbocycles. The second kappa shape index (κ2) is 14.3. The lowest BCUT2D eigenvalue weighted by Crippen LogP contribution is -2.06. The standard InChI is InChI=1S/C57H36N4/c1-2-16-37(17-3-1)44-24-8-9-29-50(44)56-58-55(59-57(60-56)61-52-30-12-10-27-47(52)48-28-11-13-31-53(48)61)43-23-15-21-40(35-43)39-20-14-22-42(34-39)54-46-26-7-5-19-41(46)36-51-45-25-6-4-18-38(45)32-33-49(51)54/h1-36H. The van der Waals surface area contributed by atoms with Crippen LogP contribution in [0.15, 0.2) is 218 Å². The van der Waals surface area contributed by atoms with Crippen LogP contribution < -0.4 is 0 Å². The monoisotopic (exact) mass is 776 g/mol. The Morgan fingerprint density at radius 1 is 0.279 bits per heavy atom. The largest absolute Gasteiger partial charge is 0.278 e. The predicted molar refractivity (Wildman–Crippen MR) is 254 cm³/mol. The van der Waals surface area contributed by atoms with E-state index in [4.69, 9.17) is 15.0 Å². The minimum Gasteiger partial charge on any atom is -0.278 e. The minimum atomic E-state index is 0.572. The van der Waals surface area contributed by atoms with Gasteiger partial charge in [0.05, 0.1) is 11.0 Å². The molecule has 0 spiro atoms. The Balaban J connectivity index is 1.05. The molecule has 0 unspecified atom stereocenters. The summed E-state index contributed by atoms with van der Waals surface area (Å²) in [6, 6.07) is 77.6. The summed E-state index contributed by atoms with van der Waals surface area (Å²) >= 11 is 0. The molecule has 12 rings (SSSR count). The van der Waals surface area contributed by atoms with E-state index >= 15 is 0 Å². The molecule has 284 valence electrons. The van der Waals surface area contributed by atoms with Crippen molar-refractivity contribution in [2.45, 2.75) is 0 Å². The number of benzene rings is 10. The molecule has 4 nitrogen and oxygen atoms in total. The maximum atomic E-state index is 5.31. The smallest absolute Gasteiger partial charge is 0.238 e. The van der Waals surface area contributed by atoms with E-state index in [-0.39, 0.29) is 0 Å². The summed E-state index contributed by atoms with van der Waals surface area (Å²) in [6.45, 7) is 0. The zero-order valence-electron chi connectivity index (χ0n) is 33.1. The highest BCUT2D eigenvalue weighted by atomic mass is 15.2. The first kappa shape index (κ1) is 34.8. The van der Waals surface area contributed by atoms with Crippen molar-refractivity contribution in [3.8, 4) is 62.1 Å². The number of para-hydroxylation sites is 2. The van der Waals surface area contributed by atoms with Crippen molar-refractivity contribution < 1.29 is 0 Å². The van der Waals surface area contributed by atoms with E-state index < -0.39 is 0 Å². The van der Waals surface area contributed by atoms with Crippen LogP contribution in [0.4, 0.5) is 0 Å². The molecule has 0 bridgehead atoms. The van der Waals surface area contributed by atoms with Crippen LogP contribution in [-0.2, 0) is 0 Å². The van der Waals surface area contributed by atoms with E-state index in [0.29, 0.717) is 17.6 Å². The van der Waals surface area contributed by atoms with Crippen LogP contribution in [-0.4, -0.2) is 19.5 Å². The molecule has 61 heavy (non-hydrogen) atoms. The Morgan fingerprint density at radius 2 is 0.820 bits per heavy atom. The van der Waals surface area contributed by atoms with Crippen molar-refractivity contribution in [3.63, 3.8) is 0 Å². The first-order valence-corrected chi connectivity index (χ1v) is 20.7. The molecular weight excluding hydrogens is 741 g/mol. The molecule has 0 amide bonds. The lowest BCUT2D eigenvalue weighted by Gasteiger charge is -2.15. The third-order valence-electron chi connectivity index (χ3n) is 12.0. The van der Waals surface area contributed by atoms with Crippen LogP contribution in [0, 0.1) is 0 Å². The van der Waals surface area contributed by atoms with Crippen LogP contribution >= 0.6 is 0 Å². The summed E-state index contributed by atoms with van der Waals surface area (Å²) in [5.74, 6) is 1.79. The fraction of sp³-hybridized carbons (Fsp3) is 0. The molecule has 0 radical (unpaired) electrons. The van der Waals surface area contributed by atoms with Crippen LogP contribution in [0.1, 0.15) is 0 Å². The highest BCUT2D eigenvalue weighted by Crippen LogP contribution is 2.41. The molecule has 2 aromatic heterocycles. The van der Waals surface area contributed by atoms with Gasteiger partial charge in [0.15, 0.2) is 11.6 Å². The number of hydrogen-bond donors (Lipinski definition) is 0. The maximum absolute atomic E-state index is 5.31. The number of aromatic nitrogens is 4. The van der Waals surface area contributed by atoms with Gasteiger partial charge in [0.1, 0.15) is 0 Å². The van der Waals surface area contributed by atoms with Gasteiger partial charge in [-0.05, 0) is 96.0 Å². The van der Waals surface area contributed by atoms with E-state index in [9.17, 15) is 0 Å². The van der Waals surface area contributed by atoms with Crippen molar-refractivity contribution in [3.05, 3.63) is 218 Å². The van der Waals surface area contributed by atoms with E-state index in [0.717, 1.165) is 55.2 Å². The summed E-state index contributed by atoms with van der Waals surface area (Å²) in [5, 5.41) is 9.79. The lowest BCUT2D eigenvalue weighted by atomic mass is 9.89. The molecule has 4 heteroatoms. The molecule has 2 heterocycles. The average Bonchev–Trinajstić information content (AvgIpc) is 3.68. The van der Waals surface area contributed by atoms with Crippen molar-refractivity contribution in [2.75, 3.05) is 0 Å². The van der Waals surface area contributed by atoms with Crippen LogP contribution in [0.2, 0.25) is 0 Å². The van der Waals surface area contributed by atoms with E-state index in [1.165, 1.54) is 43.4 Å². The first-order valence-electron chi connectivity index (χ1n) is 20.7. The Morgan fingerprint density at radius 3 is 1.57 bits per heavy atom. The molecule has 0 saturated heterocycles. The number of nitrogens with zero attached hydrogens (tertiary/aromatic N) is 4. The lowest BCUT2D eigenvalue weighted by molar-refractivity contribution is 0.953. The van der Waals surface area contributed by atoms with E-state index in [1.807, 2.05) is 6.07 Å². The summed E-state index contributed by atoms with van der Waals surface area (Å²) < 4.78 is 2.18. The van der Waals surface area contributed by atoms with E-state index in [2.05, 4.69) is 217 Å². The summed E-state index contributed by atoms with van der Waals surface area (Å²) in [5.41, 5.74) is 10.7. The normalized spacial score (nSPS) is 11.6. The van der Waals surface area contributed by atoms with Gasteiger partial charge in [-0.25, -0.2) is 4.98 Å². The number of rotatable bonds is 6. The van der Waals surface area contributed by atoms with Gasteiger partial charge in [-0.1, -0.05) is 188 Å². The van der Waals surface area contributed by atoms with Gasteiger partial charge in [0, 0.05) is 21.9 Å². The van der Waals surface area contributed by atoms with Gasteiger partial charge in [-0.15, -0.1) is 0 Å². The average molecular weight is 777 g/mol. The SMILES string of the molecule is c1ccc(-c2ccccc2-c2nc(-c3cccc(-c4cccc(-c5c6ccccc6cc6c5ccc5ccccc56)c4)c3)nc(-n3c4ccccc4c4ccccc43)n2)cc1. The Hall–Kier alpha value is -8.21. The molecule has 0 aliphatic rings. The summed E-state index contributed by atoms with van der Waals surface area (Å²) in [7, 11) is 0. The molecular formula is C57H36N4. The zero-order valence-corrected chi connectivity index (χ0v) is 33.1. The molecule has 0 atom stereocenters. The highest BCUT2D eigenvalue weighted by Gasteiger charge is 2.20. The van der Waals surface area contributed by atoms with Crippen LogP contribution in [0.25, 0.3) is 116 Å². The van der Waals surface area contributed by atoms with Gasteiger partial charge in [-0.2, -0.15) is 9.97 Å². The van der Waals surface area contributed by atoms with Crippen molar-refractivity contribution >= 4 is 54.1 Å². The van der Waals surface area contributed by atoms with Gasteiger partial charge in [0.25, 0.3) is 0 Å². The molecule has 0 saturated carbocycles. The summed E-state index contributed by atoms with van der Waals surface area (Å²) in [4.78, 5) is 15.9. The second-order valence-electron chi connectivity index (χ2n) is 15.6. The Labute approximate surface area is 352 Å². The van der Waals surface area contributed by atoms with Gasteiger partial charge >= 0.3 is 0 Å². The third kappa shape index (κ3) is 5.88. The fourth-order valence-corrected chi connectivity index (χ4v) is 9.22. The first-order chi connectivity index (χ1) is 30.2. The van der Waals surface area contributed by atoms with Crippen molar-refractivity contribution in [1.82, 2.24) is 19.5 Å².